The molecule has 0 aliphatic heterocycles. The van der Waals surface area contributed by atoms with E-state index in [4.69, 9.17) is 4.74 Å². The molecule has 0 spiro atoms. The van der Waals surface area contributed by atoms with Gasteiger partial charge in [-0.15, -0.1) is 0 Å². The second-order valence-corrected chi connectivity index (χ2v) is 6.63. The quantitative estimate of drug-likeness (QED) is 0.812. The van der Waals surface area contributed by atoms with Gasteiger partial charge in [-0.25, -0.2) is 0 Å². The van der Waals surface area contributed by atoms with E-state index in [2.05, 4.69) is 6.92 Å². The zero-order chi connectivity index (χ0) is 13.0. The van der Waals surface area contributed by atoms with Crippen LogP contribution < -0.4 is 0 Å². The summed E-state index contributed by atoms with van der Waals surface area (Å²) in [5.41, 5.74) is 0. The van der Waals surface area contributed by atoms with E-state index in [-0.39, 0.29) is 6.10 Å². The average Bonchev–Trinajstić information content (AvgIpc) is 2.43. The van der Waals surface area contributed by atoms with Crippen molar-refractivity contribution in [3.63, 3.8) is 0 Å². The van der Waals surface area contributed by atoms with Crippen molar-refractivity contribution in [2.75, 3.05) is 13.7 Å². The lowest BCUT2D eigenvalue weighted by atomic mass is 9.65. The molecule has 5 atom stereocenters. The van der Waals surface area contributed by atoms with E-state index in [0.29, 0.717) is 11.8 Å². The van der Waals surface area contributed by atoms with Crippen LogP contribution in [0.4, 0.5) is 0 Å². The maximum Gasteiger partial charge on any atom is 0.0594 e. The van der Waals surface area contributed by atoms with Gasteiger partial charge in [-0.05, 0) is 49.4 Å². The van der Waals surface area contributed by atoms with Gasteiger partial charge in [0.05, 0.1) is 6.10 Å². The Balaban J connectivity index is 1.82. The number of rotatable bonds is 5. The predicted molar refractivity (Wildman–Crippen MR) is 74.5 cm³/mol. The van der Waals surface area contributed by atoms with E-state index in [0.717, 1.165) is 24.9 Å². The Morgan fingerprint density at radius 2 is 1.83 bits per heavy atom. The monoisotopic (exact) mass is 254 g/mol. The molecule has 0 radical (unpaired) electrons. The molecule has 2 aliphatic carbocycles. The van der Waals surface area contributed by atoms with Crippen molar-refractivity contribution in [1.82, 2.24) is 0 Å². The van der Waals surface area contributed by atoms with Crippen molar-refractivity contribution in [3.8, 4) is 0 Å². The predicted octanol–water partition coefficient (Wildman–Crippen LogP) is 3.63. The SMILES string of the molecule is COCCC(C)C(O)C1CCC2CCCCC2C1. The van der Waals surface area contributed by atoms with E-state index >= 15 is 0 Å². The van der Waals surface area contributed by atoms with Gasteiger partial charge in [-0.3, -0.25) is 0 Å². The molecule has 0 saturated heterocycles. The normalized spacial score (nSPS) is 35.8. The molecule has 2 fully saturated rings. The van der Waals surface area contributed by atoms with Crippen LogP contribution in [0.15, 0.2) is 0 Å². The molecule has 0 aromatic heterocycles. The molecule has 2 rings (SSSR count). The lowest BCUT2D eigenvalue weighted by molar-refractivity contribution is -0.00233. The van der Waals surface area contributed by atoms with Gasteiger partial charge >= 0.3 is 0 Å². The maximum atomic E-state index is 10.5. The zero-order valence-electron chi connectivity index (χ0n) is 12.1. The summed E-state index contributed by atoms with van der Waals surface area (Å²) in [5, 5.41) is 10.5. The fraction of sp³-hybridized carbons (Fsp3) is 1.00. The minimum absolute atomic E-state index is 0.108. The van der Waals surface area contributed by atoms with Gasteiger partial charge in [0.2, 0.25) is 0 Å². The second kappa shape index (κ2) is 6.91. The number of aliphatic hydroxyl groups excluding tert-OH is 1. The van der Waals surface area contributed by atoms with Crippen molar-refractivity contribution in [3.05, 3.63) is 0 Å². The van der Waals surface area contributed by atoms with E-state index in [1.807, 2.05) is 0 Å². The lowest BCUT2D eigenvalue weighted by Gasteiger charge is -2.41. The van der Waals surface area contributed by atoms with Crippen LogP contribution in [0.5, 0.6) is 0 Å². The van der Waals surface area contributed by atoms with E-state index < -0.39 is 0 Å². The first-order valence-electron chi connectivity index (χ1n) is 7.89. The van der Waals surface area contributed by atoms with Crippen molar-refractivity contribution in [1.29, 1.82) is 0 Å². The average molecular weight is 254 g/mol. The van der Waals surface area contributed by atoms with Gasteiger partial charge < -0.3 is 9.84 Å². The summed E-state index contributed by atoms with van der Waals surface area (Å²) in [5.74, 6) is 2.84. The molecule has 5 unspecified atom stereocenters. The first-order chi connectivity index (χ1) is 8.72. The van der Waals surface area contributed by atoms with Gasteiger partial charge in [0.15, 0.2) is 0 Å². The van der Waals surface area contributed by atoms with Crippen molar-refractivity contribution < 1.29 is 9.84 Å². The summed E-state index contributed by atoms with van der Waals surface area (Å²) < 4.78 is 5.12. The van der Waals surface area contributed by atoms with Crippen molar-refractivity contribution in [2.24, 2.45) is 23.7 Å². The molecule has 0 heterocycles. The molecule has 106 valence electrons. The lowest BCUT2D eigenvalue weighted by Crippen LogP contribution is -2.36. The first-order valence-corrected chi connectivity index (χ1v) is 7.89. The molecule has 2 saturated carbocycles. The van der Waals surface area contributed by atoms with Crippen LogP contribution in [0.3, 0.4) is 0 Å². The van der Waals surface area contributed by atoms with E-state index in [9.17, 15) is 5.11 Å². The number of methoxy groups -OCH3 is 1. The smallest absolute Gasteiger partial charge is 0.0594 e. The van der Waals surface area contributed by atoms with Crippen LogP contribution in [0, 0.1) is 23.7 Å². The number of aliphatic hydroxyl groups is 1. The highest BCUT2D eigenvalue weighted by Gasteiger charge is 2.36. The third kappa shape index (κ3) is 3.48. The van der Waals surface area contributed by atoms with Crippen molar-refractivity contribution in [2.45, 2.75) is 64.4 Å². The summed E-state index contributed by atoms with van der Waals surface area (Å²) >= 11 is 0. The molecular formula is C16H30O2. The highest BCUT2D eigenvalue weighted by atomic mass is 16.5. The highest BCUT2D eigenvalue weighted by Crippen LogP contribution is 2.44. The Labute approximate surface area is 112 Å². The van der Waals surface area contributed by atoms with Gasteiger partial charge in [0.1, 0.15) is 0 Å². The van der Waals surface area contributed by atoms with Crippen LogP contribution in [-0.2, 0) is 4.74 Å². The van der Waals surface area contributed by atoms with Crippen LogP contribution in [0.2, 0.25) is 0 Å². The van der Waals surface area contributed by atoms with Crippen LogP contribution >= 0.6 is 0 Å². The number of ether oxygens (including phenoxy) is 1. The summed E-state index contributed by atoms with van der Waals surface area (Å²) in [7, 11) is 1.74. The third-order valence-electron chi connectivity index (χ3n) is 5.42. The summed E-state index contributed by atoms with van der Waals surface area (Å²) in [6.45, 7) is 2.95. The zero-order valence-corrected chi connectivity index (χ0v) is 12.1. The summed E-state index contributed by atoms with van der Waals surface area (Å²) in [6, 6.07) is 0. The molecule has 0 aromatic carbocycles. The molecule has 0 aromatic rings. The Bertz CT molecular complexity index is 241. The largest absolute Gasteiger partial charge is 0.393 e. The second-order valence-electron chi connectivity index (χ2n) is 6.63. The molecule has 0 amide bonds. The Morgan fingerprint density at radius 3 is 2.56 bits per heavy atom. The minimum atomic E-state index is -0.108. The van der Waals surface area contributed by atoms with Crippen LogP contribution in [0.1, 0.15) is 58.3 Å². The summed E-state index contributed by atoms with van der Waals surface area (Å²) in [6.07, 6.45) is 10.5. The van der Waals surface area contributed by atoms with E-state index in [1.165, 1.54) is 44.9 Å². The topological polar surface area (TPSA) is 29.5 Å². The van der Waals surface area contributed by atoms with Crippen LogP contribution in [0.25, 0.3) is 0 Å². The van der Waals surface area contributed by atoms with Gasteiger partial charge in [-0.1, -0.05) is 32.6 Å². The van der Waals surface area contributed by atoms with E-state index in [1.54, 1.807) is 7.11 Å². The standard InChI is InChI=1S/C16H30O2/c1-12(9-10-18-2)16(17)15-8-7-13-5-3-4-6-14(13)11-15/h12-17H,3-11H2,1-2H3. The van der Waals surface area contributed by atoms with Gasteiger partial charge in [0, 0.05) is 13.7 Å². The Morgan fingerprint density at radius 1 is 1.11 bits per heavy atom. The Kier molecular flexibility index (Phi) is 5.50. The number of fused-ring (bicyclic) bond motifs is 1. The fourth-order valence-corrected chi connectivity index (χ4v) is 4.16. The summed E-state index contributed by atoms with van der Waals surface area (Å²) in [4.78, 5) is 0. The van der Waals surface area contributed by atoms with Gasteiger partial charge in [-0.2, -0.15) is 0 Å². The Hall–Kier alpha value is -0.0800. The number of hydrogen-bond donors (Lipinski definition) is 1. The first kappa shape index (κ1) is 14.3. The highest BCUT2D eigenvalue weighted by molar-refractivity contribution is 4.87. The maximum absolute atomic E-state index is 10.5. The molecule has 2 nitrogen and oxygen atoms in total. The molecular weight excluding hydrogens is 224 g/mol. The molecule has 2 heteroatoms. The van der Waals surface area contributed by atoms with Gasteiger partial charge in [0.25, 0.3) is 0 Å². The third-order valence-corrected chi connectivity index (χ3v) is 5.42. The number of hydrogen-bond acceptors (Lipinski definition) is 2. The fourth-order valence-electron chi connectivity index (χ4n) is 4.16. The minimum Gasteiger partial charge on any atom is -0.393 e. The molecule has 1 N–H and O–H groups in total. The molecule has 0 bridgehead atoms. The van der Waals surface area contributed by atoms with Crippen molar-refractivity contribution >= 4 is 0 Å². The van der Waals surface area contributed by atoms with Crippen LogP contribution in [-0.4, -0.2) is 24.9 Å². The molecule has 18 heavy (non-hydrogen) atoms. The molecule has 2 aliphatic rings.